The highest BCUT2D eigenvalue weighted by atomic mass is 32.1. The minimum Gasteiger partial charge on any atom is -0.486 e. The van der Waals surface area contributed by atoms with Crippen molar-refractivity contribution in [1.82, 2.24) is 19.7 Å². The van der Waals surface area contributed by atoms with Crippen molar-refractivity contribution in [2.75, 3.05) is 20.3 Å². The van der Waals surface area contributed by atoms with E-state index in [1.54, 1.807) is 22.4 Å². The standard InChI is InChI=1S/C24H24N4O3S/c1-15(2)28-23-19(12-25-28)18(24(29)27(3)13-16-6-9-32-14-16)11-20(26-23)17-4-5-21-22(10-17)31-8-7-30-21/h4-6,9-12,14-15H,7-8,13H2,1-3H3. The van der Waals surface area contributed by atoms with Gasteiger partial charge in [0.25, 0.3) is 5.91 Å². The first-order chi connectivity index (χ1) is 15.5. The number of fused-ring (bicyclic) bond motifs is 2. The smallest absolute Gasteiger partial charge is 0.254 e. The van der Waals surface area contributed by atoms with Gasteiger partial charge in [-0.2, -0.15) is 16.4 Å². The van der Waals surface area contributed by atoms with Crippen LogP contribution < -0.4 is 9.47 Å². The van der Waals surface area contributed by atoms with Crippen molar-refractivity contribution in [3.05, 3.63) is 58.4 Å². The van der Waals surface area contributed by atoms with Crippen LogP contribution in [-0.4, -0.2) is 45.8 Å². The van der Waals surface area contributed by atoms with Gasteiger partial charge in [0.1, 0.15) is 13.2 Å². The Labute approximate surface area is 190 Å². The van der Waals surface area contributed by atoms with Crippen molar-refractivity contribution >= 4 is 28.3 Å². The van der Waals surface area contributed by atoms with Gasteiger partial charge in [0.2, 0.25) is 0 Å². The summed E-state index contributed by atoms with van der Waals surface area (Å²) in [4.78, 5) is 20.1. The Hall–Kier alpha value is -3.39. The number of carbonyl (C=O) groups is 1. The molecule has 0 radical (unpaired) electrons. The van der Waals surface area contributed by atoms with E-state index in [1.807, 2.05) is 47.4 Å². The molecule has 1 aliphatic rings. The summed E-state index contributed by atoms with van der Waals surface area (Å²) in [6, 6.07) is 9.76. The van der Waals surface area contributed by atoms with Gasteiger partial charge in [-0.25, -0.2) is 9.67 Å². The topological polar surface area (TPSA) is 69.5 Å². The summed E-state index contributed by atoms with van der Waals surface area (Å²) >= 11 is 1.63. The summed E-state index contributed by atoms with van der Waals surface area (Å²) in [5.41, 5.74) is 3.96. The lowest BCUT2D eigenvalue weighted by molar-refractivity contribution is 0.0787. The molecule has 0 aliphatic carbocycles. The molecule has 5 rings (SSSR count). The van der Waals surface area contributed by atoms with Gasteiger partial charge < -0.3 is 14.4 Å². The van der Waals surface area contributed by atoms with Crippen LogP contribution in [-0.2, 0) is 6.54 Å². The molecular weight excluding hydrogens is 424 g/mol. The summed E-state index contributed by atoms with van der Waals surface area (Å²) in [7, 11) is 1.82. The van der Waals surface area contributed by atoms with Crippen LogP contribution in [0.25, 0.3) is 22.3 Å². The lowest BCUT2D eigenvalue weighted by Gasteiger charge is -2.20. The first-order valence-electron chi connectivity index (χ1n) is 10.6. The maximum absolute atomic E-state index is 13.5. The van der Waals surface area contributed by atoms with Crippen LogP contribution in [0.15, 0.2) is 47.3 Å². The molecule has 32 heavy (non-hydrogen) atoms. The van der Waals surface area contributed by atoms with Gasteiger partial charge in [0, 0.05) is 25.2 Å². The van der Waals surface area contributed by atoms with E-state index >= 15 is 0 Å². The van der Waals surface area contributed by atoms with Crippen molar-refractivity contribution in [1.29, 1.82) is 0 Å². The third kappa shape index (κ3) is 3.71. The molecule has 1 amide bonds. The second-order valence-electron chi connectivity index (χ2n) is 8.13. The normalized spacial score (nSPS) is 13.0. The molecule has 4 aromatic rings. The number of carbonyl (C=O) groups excluding carboxylic acids is 1. The zero-order valence-electron chi connectivity index (χ0n) is 18.2. The monoisotopic (exact) mass is 448 g/mol. The second kappa shape index (κ2) is 8.27. The molecule has 1 aromatic carbocycles. The fourth-order valence-corrected chi connectivity index (χ4v) is 4.52. The number of nitrogens with zero attached hydrogens (tertiary/aromatic N) is 4. The average Bonchev–Trinajstić information content (AvgIpc) is 3.47. The summed E-state index contributed by atoms with van der Waals surface area (Å²) in [5, 5.41) is 9.35. The highest BCUT2D eigenvalue weighted by molar-refractivity contribution is 7.07. The Morgan fingerprint density at radius 1 is 1.19 bits per heavy atom. The van der Waals surface area contributed by atoms with Crippen LogP contribution in [0.4, 0.5) is 0 Å². The van der Waals surface area contributed by atoms with E-state index in [1.165, 1.54) is 0 Å². The number of aromatic nitrogens is 3. The van der Waals surface area contributed by atoms with E-state index in [0.29, 0.717) is 42.4 Å². The molecule has 1 aliphatic heterocycles. The third-order valence-corrected chi connectivity index (χ3v) is 6.20. The molecule has 7 nitrogen and oxygen atoms in total. The SMILES string of the molecule is CC(C)n1ncc2c(C(=O)N(C)Cc3ccsc3)cc(-c3ccc4c(c3)OCCO4)nc21. The summed E-state index contributed by atoms with van der Waals surface area (Å²) < 4.78 is 13.3. The molecule has 8 heteroatoms. The van der Waals surface area contributed by atoms with Gasteiger partial charge in [-0.05, 0) is 60.5 Å². The van der Waals surface area contributed by atoms with Crippen molar-refractivity contribution in [3.63, 3.8) is 0 Å². The van der Waals surface area contributed by atoms with E-state index in [4.69, 9.17) is 14.5 Å². The number of ether oxygens (including phenoxy) is 2. The molecule has 164 valence electrons. The third-order valence-electron chi connectivity index (χ3n) is 5.47. The zero-order valence-corrected chi connectivity index (χ0v) is 19.1. The van der Waals surface area contributed by atoms with Crippen LogP contribution in [0.3, 0.4) is 0 Å². The molecule has 0 fully saturated rings. The van der Waals surface area contributed by atoms with Crippen LogP contribution in [0.2, 0.25) is 0 Å². The molecule has 0 spiro atoms. The Balaban J connectivity index is 1.61. The Morgan fingerprint density at radius 2 is 2.00 bits per heavy atom. The van der Waals surface area contributed by atoms with E-state index in [0.717, 1.165) is 22.3 Å². The van der Waals surface area contributed by atoms with Crippen LogP contribution in [0.5, 0.6) is 11.5 Å². The predicted octanol–water partition coefficient (Wildman–Crippen LogP) is 4.78. The molecular formula is C24H24N4O3S. The van der Waals surface area contributed by atoms with Crippen molar-refractivity contribution in [3.8, 4) is 22.8 Å². The van der Waals surface area contributed by atoms with Crippen molar-refractivity contribution < 1.29 is 14.3 Å². The van der Waals surface area contributed by atoms with E-state index in [9.17, 15) is 4.79 Å². The molecule has 0 unspecified atom stereocenters. The number of hydrogen-bond acceptors (Lipinski definition) is 6. The number of thiophene rings is 1. The Morgan fingerprint density at radius 3 is 2.75 bits per heavy atom. The Kier molecular flexibility index (Phi) is 5.30. The molecule has 4 heterocycles. The van der Waals surface area contributed by atoms with E-state index in [2.05, 4.69) is 24.3 Å². The number of amides is 1. The minimum atomic E-state index is -0.0642. The molecule has 0 N–H and O–H groups in total. The quantitative estimate of drug-likeness (QED) is 0.439. The molecule has 0 saturated heterocycles. The highest BCUT2D eigenvalue weighted by Crippen LogP contribution is 2.35. The maximum Gasteiger partial charge on any atom is 0.254 e. The van der Waals surface area contributed by atoms with Crippen LogP contribution in [0, 0.1) is 0 Å². The Bertz CT molecular complexity index is 1280. The summed E-state index contributed by atoms with van der Waals surface area (Å²) in [5.74, 6) is 1.35. The second-order valence-corrected chi connectivity index (χ2v) is 8.91. The first kappa shape index (κ1) is 20.5. The number of pyridine rings is 1. The summed E-state index contributed by atoms with van der Waals surface area (Å²) in [6.45, 7) is 5.70. The number of rotatable bonds is 5. The van der Waals surface area contributed by atoms with Gasteiger partial charge in [-0.15, -0.1) is 0 Å². The highest BCUT2D eigenvalue weighted by Gasteiger charge is 2.22. The van der Waals surface area contributed by atoms with Gasteiger partial charge in [0.05, 0.1) is 22.8 Å². The van der Waals surface area contributed by atoms with Crippen LogP contribution in [0.1, 0.15) is 35.8 Å². The van der Waals surface area contributed by atoms with Crippen LogP contribution >= 0.6 is 11.3 Å². The number of benzene rings is 1. The molecule has 3 aromatic heterocycles. The van der Waals surface area contributed by atoms with Crippen molar-refractivity contribution in [2.24, 2.45) is 0 Å². The van der Waals surface area contributed by atoms with E-state index in [-0.39, 0.29) is 11.9 Å². The average molecular weight is 449 g/mol. The minimum absolute atomic E-state index is 0.0642. The lowest BCUT2D eigenvalue weighted by Crippen LogP contribution is -2.26. The molecule has 0 bridgehead atoms. The first-order valence-corrected chi connectivity index (χ1v) is 11.5. The largest absolute Gasteiger partial charge is 0.486 e. The van der Waals surface area contributed by atoms with Gasteiger partial charge in [-0.3, -0.25) is 4.79 Å². The van der Waals surface area contributed by atoms with Gasteiger partial charge >= 0.3 is 0 Å². The van der Waals surface area contributed by atoms with E-state index < -0.39 is 0 Å². The fourth-order valence-electron chi connectivity index (χ4n) is 3.86. The molecule has 0 saturated carbocycles. The fraction of sp³-hybridized carbons (Fsp3) is 0.292. The number of hydrogen-bond donors (Lipinski definition) is 0. The lowest BCUT2D eigenvalue weighted by atomic mass is 10.0. The van der Waals surface area contributed by atoms with Gasteiger partial charge in [-0.1, -0.05) is 0 Å². The maximum atomic E-state index is 13.5. The predicted molar refractivity (Wildman–Crippen MR) is 124 cm³/mol. The van der Waals surface area contributed by atoms with Gasteiger partial charge in [0.15, 0.2) is 17.1 Å². The zero-order chi connectivity index (χ0) is 22.2. The van der Waals surface area contributed by atoms with Crippen molar-refractivity contribution in [2.45, 2.75) is 26.4 Å². The summed E-state index contributed by atoms with van der Waals surface area (Å²) in [6.07, 6.45) is 1.74. The molecule has 0 atom stereocenters.